The summed E-state index contributed by atoms with van der Waals surface area (Å²) in [7, 11) is 1.80. The topological polar surface area (TPSA) is 45.2 Å². The van der Waals surface area contributed by atoms with Gasteiger partial charge in [0.05, 0.1) is 17.4 Å². The van der Waals surface area contributed by atoms with E-state index in [4.69, 9.17) is 0 Å². The zero-order valence-electron chi connectivity index (χ0n) is 14.4. The van der Waals surface area contributed by atoms with Crippen LogP contribution in [-0.2, 0) is 6.54 Å². The van der Waals surface area contributed by atoms with E-state index >= 15 is 0 Å². The summed E-state index contributed by atoms with van der Waals surface area (Å²) >= 11 is 0. The van der Waals surface area contributed by atoms with Crippen LogP contribution < -0.4 is 5.32 Å². The maximum Gasteiger partial charge on any atom is 0.255 e. The Morgan fingerprint density at radius 1 is 1.04 bits per heavy atom. The minimum absolute atomic E-state index is 0.0511. The van der Waals surface area contributed by atoms with Gasteiger partial charge in [0.1, 0.15) is 0 Å². The minimum Gasteiger partial charge on any atom is -0.354 e. The van der Waals surface area contributed by atoms with Crippen molar-refractivity contribution in [2.45, 2.75) is 13.5 Å². The van der Waals surface area contributed by atoms with Gasteiger partial charge in [0, 0.05) is 25.5 Å². The van der Waals surface area contributed by atoms with Crippen molar-refractivity contribution in [2.75, 3.05) is 12.4 Å². The van der Waals surface area contributed by atoms with Gasteiger partial charge in [0.25, 0.3) is 5.91 Å². The third-order valence-corrected chi connectivity index (χ3v) is 4.02. The lowest BCUT2D eigenvalue weighted by molar-refractivity contribution is 0.0784. The Bertz CT molecular complexity index is 862. The highest BCUT2D eigenvalue weighted by Gasteiger charge is 2.13. The molecule has 1 N–H and O–H groups in total. The lowest BCUT2D eigenvalue weighted by atomic mass is 10.1. The molecular weight excluding hydrogens is 310 g/mol. The number of aryl methyl sites for hydroxylation is 1. The van der Waals surface area contributed by atoms with Crippen molar-refractivity contribution in [2.24, 2.45) is 0 Å². The Hall–Kier alpha value is -3.14. The van der Waals surface area contributed by atoms with E-state index in [1.165, 1.54) is 0 Å². The predicted octanol–water partition coefficient (Wildman–Crippen LogP) is 4.41. The normalized spacial score (nSPS) is 10.3. The number of nitrogens with one attached hydrogen (secondary N) is 1. The lowest BCUT2D eigenvalue weighted by Gasteiger charge is -2.18. The monoisotopic (exact) mass is 331 g/mol. The number of carbonyl (C=O) groups excluding carboxylic acids is 1. The molecule has 0 saturated carbocycles. The number of hydrogen-bond acceptors (Lipinski definition) is 3. The average molecular weight is 331 g/mol. The highest BCUT2D eigenvalue weighted by molar-refractivity contribution is 5.94. The summed E-state index contributed by atoms with van der Waals surface area (Å²) in [6, 6.07) is 19.8. The van der Waals surface area contributed by atoms with Crippen molar-refractivity contribution in [1.29, 1.82) is 0 Å². The molecule has 0 bridgehead atoms. The van der Waals surface area contributed by atoms with E-state index < -0.39 is 0 Å². The first kappa shape index (κ1) is 16.7. The van der Waals surface area contributed by atoms with Crippen LogP contribution in [0.2, 0.25) is 0 Å². The second-order valence-corrected chi connectivity index (χ2v) is 6.05. The molecule has 2 aromatic carbocycles. The van der Waals surface area contributed by atoms with Crippen molar-refractivity contribution >= 4 is 17.3 Å². The molecule has 0 aliphatic rings. The van der Waals surface area contributed by atoms with Crippen molar-refractivity contribution in [3.63, 3.8) is 0 Å². The molecule has 0 spiro atoms. The molecular formula is C21H21N3O. The Morgan fingerprint density at radius 2 is 1.76 bits per heavy atom. The summed E-state index contributed by atoms with van der Waals surface area (Å²) in [4.78, 5) is 18.6. The van der Waals surface area contributed by atoms with E-state index in [1.54, 1.807) is 24.3 Å². The van der Waals surface area contributed by atoms with Crippen LogP contribution in [0.25, 0.3) is 0 Å². The number of amides is 1. The Labute approximate surface area is 148 Å². The summed E-state index contributed by atoms with van der Waals surface area (Å²) in [6.07, 6.45) is 3.33. The third-order valence-electron chi connectivity index (χ3n) is 4.02. The highest BCUT2D eigenvalue weighted by Crippen LogP contribution is 2.20. The number of hydrogen-bond donors (Lipinski definition) is 1. The zero-order chi connectivity index (χ0) is 17.6. The van der Waals surface area contributed by atoms with Crippen molar-refractivity contribution < 1.29 is 4.79 Å². The quantitative estimate of drug-likeness (QED) is 0.753. The van der Waals surface area contributed by atoms with Gasteiger partial charge in [-0.3, -0.25) is 9.78 Å². The van der Waals surface area contributed by atoms with Crippen molar-refractivity contribution in [1.82, 2.24) is 9.88 Å². The molecule has 4 heteroatoms. The van der Waals surface area contributed by atoms with Gasteiger partial charge in [-0.2, -0.15) is 0 Å². The van der Waals surface area contributed by atoms with E-state index in [0.717, 1.165) is 22.5 Å². The number of anilines is 2. The second-order valence-electron chi connectivity index (χ2n) is 6.05. The van der Waals surface area contributed by atoms with Gasteiger partial charge >= 0.3 is 0 Å². The summed E-state index contributed by atoms with van der Waals surface area (Å²) in [5.74, 6) is -0.0511. The third kappa shape index (κ3) is 4.23. The number of carbonyl (C=O) groups is 1. The van der Waals surface area contributed by atoms with Gasteiger partial charge in [-0.15, -0.1) is 0 Å². The maximum atomic E-state index is 12.7. The van der Waals surface area contributed by atoms with Crippen LogP contribution in [0, 0.1) is 6.92 Å². The van der Waals surface area contributed by atoms with Crippen LogP contribution >= 0.6 is 0 Å². The van der Waals surface area contributed by atoms with Gasteiger partial charge in [0.2, 0.25) is 0 Å². The number of para-hydroxylation sites is 1. The molecule has 0 atom stereocenters. The molecule has 3 rings (SSSR count). The smallest absolute Gasteiger partial charge is 0.255 e. The Kier molecular flexibility index (Phi) is 5.09. The van der Waals surface area contributed by atoms with E-state index in [9.17, 15) is 4.79 Å². The summed E-state index contributed by atoms with van der Waals surface area (Å²) in [6.45, 7) is 2.60. The van der Waals surface area contributed by atoms with Gasteiger partial charge in [-0.1, -0.05) is 48.5 Å². The fraction of sp³-hybridized carbons (Fsp3) is 0.143. The summed E-state index contributed by atoms with van der Waals surface area (Å²) < 4.78 is 0. The molecule has 0 unspecified atom stereocenters. The van der Waals surface area contributed by atoms with Crippen LogP contribution in [0.5, 0.6) is 0 Å². The molecule has 126 valence electrons. The standard InChI is InChI=1S/C21H21N3O/c1-16-8-6-7-11-20(16)23-19-12-18(13-22-14-19)21(25)24(2)15-17-9-4-3-5-10-17/h3-14,23H,15H2,1-2H3. The maximum absolute atomic E-state index is 12.7. The molecule has 1 heterocycles. The number of aromatic nitrogens is 1. The van der Waals surface area contributed by atoms with Crippen LogP contribution in [-0.4, -0.2) is 22.8 Å². The summed E-state index contributed by atoms with van der Waals surface area (Å²) in [5.41, 5.74) is 4.61. The molecule has 25 heavy (non-hydrogen) atoms. The largest absolute Gasteiger partial charge is 0.354 e. The molecule has 1 aromatic heterocycles. The molecule has 0 saturated heterocycles. The molecule has 0 aliphatic heterocycles. The van der Waals surface area contributed by atoms with E-state index in [-0.39, 0.29) is 5.91 Å². The molecule has 4 nitrogen and oxygen atoms in total. The first-order valence-electron chi connectivity index (χ1n) is 8.20. The molecule has 0 aliphatic carbocycles. The van der Waals surface area contributed by atoms with Gasteiger partial charge < -0.3 is 10.2 Å². The second kappa shape index (κ2) is 7.62. The van der Waals surface area contributed by atoms with Crippen molar-refractivity contribution in [3.8, 4) is 0 Å². The molecule has 1 amide bonds. The molecule has 3 aromatic rings. The van der Waals surface area contributed by atoms with Crippen LogP contribution in [0.3, 0.4) is 0 Å². The van der Waals surface area contributed by atoms with Crippen LogP contribution in [0.15, 0.2) is 73.1 Å². The average Bonchev–Trinajstić information content (AvgIpc) is 2.64. The molecule has 0 radical (unpaired) electrons. The number of benzene rings is 2. The van der Waals surface area contributed by atoms with E-state index in [0.29, 0.717) is 12.1 Å². The van der Waals surface area contributed by atoms with E-state index in [2.05, 4.69) is 10.3 Å². The first-order valence-corrected chi connectivity index (χ1v) is 8.20. The predicted molar refractivity (Wildman–Crippen MR) is 101 cm³/mol. The van der Waals surface area contributed by atoms with Crippen molar-refractivity contribution in [3.05, 3.63) is 89.7 Å². The van der Waals surface area contributed by atoms with Gasteiger partial charge in [-0.05, 0) is 30.2 Å². The number of pyridine rings is 1. The highest BCUT2D eigenvalue weighted by atomic mass is 16.2. The first-order chi connectivity index (χ1) is 12.1. The fourth-order valence-corrected chi connectivity index (χ4v) is 2.64. The van der Waals surface area contributed by atoms with Gasteiger partial charge in [0.15, 0.2) is 0 Å². The Morgan fingerprint density at radius 3 is 2.52 bits per heavy atom. The van der Waals surface area contributed by atoms with Crippen LogP contribution in [0.1, 0.15) is 21.5 Å². The Balaban J connectivity index is 1.74. The number of nitrogens with zero attached hydrogens (tertiary/aromatic N) is 2. The molecule has 0 fully saturated rings. The fourth-order valence-electron chi connectivity index (χ4n) is 2.64. The zero-order valence-corrected chi connectivity index (χ0v) is 14.4. The van der Waals surface area contributed by atoms with Gasteiger partial charge in [-0.25, -0.2) is 0 Å². The van der Waals surface area contributed by atoms with E-state index in [1.807, 2.05) is 67.6 Å². The SMILES string of the molecule is Cc1ccccc1Nc1cncc(C(=O)N(C)Cc2ccccc2)c1. The summed E-state index contributed by atoms with van der Waals surface area (Å²) in [5, 5.41) is 3.32. The number of rotatable bonds is 5. The lowest BCUT2D eigenvalue weighted by Crippen LogP contribution is -2.26. The van der Waals surface area contributed by atoms with Crippen LogP contribution in [0.4, 0.5) is 11.4 Å². The minimum atomic E-state index is -0.0511.